The minimum absolute atomic E-state index is 0.781. The summed E-state index contributed by atoms with van der Waals surface area (Å²) in [6.45, 7) is 3.38. The Morgan fingerprint density at radius 2 is 2.00 bits per heavy atom. The maximum Gasteiger partial charge on any atom is 0.118 e. The van der Waals surface area contributed by atoms with E-state index in [1.165, 1.54) is 12.0 Å². The molecule has 1 aromatic carbocycles. The van der Waals surface area contributed by atoms with Gasteiger partial charge in [-0.3, -0.25) is 0 Å². The van der Waals surface area contributed by atoms with Gasteiger partial charge < -0.3 is 10.1 Å². The highest BCUT2D eigenvalue weighted by Crippen LogP contribution is 2.28. The summed E-state index contributed by atoms with van der Waals surface area (Å²) in [6.07, 6.45) is 2.45. The first kappa shape index (κ1) is 10.5. The summed E-state index contributed by atoms with van der Waals surface area (Å²) >= 11 is 0. The van der Waals surface area contributed by atoms with Crippen LogP contribution < -0.4 is 10.1 Å². The Balaban J connectivity index is 1.73. The zero-order chi connectivity index (χ0) is 10.7. The van der Waals surface area contributed by atoms with Gasteiger partial charge in [0.1, 0.15) is 5.75 Å². The number of hydrogen-bond donors (Lipinski definition) is 1. The molecule has 1 N–H and O–H groups in total. The van der Waals surface area contributed by atoms with E-state index in [0.717, 1.165) is 30.7 Å². The van der Waals surface area contributed by atoms with Crippen molar-refractivity contribution in [2.75, 3.05) is 13.7 Å². The normalized spacial score (nSPS) is 23.9. The minimum Gasteiger partial charge on any atom is -0.497 e. The van der Waals surface area contributed by atoms with E-state index in [1.54, 1.807) is 7.11 Å². The smallest absolute Gasteiger partial charge is 0.118 e. The first-order chi connectivity index (χ1) is 7.29. The third-order valence-electron chi connectivity index (χ3n) is 3.09. The fourth-order valence-electron chi connectivity index (χ4n) is 1.80. The highest BCUT2D eigenvalue weighted by atomic mass is 16.5. The van der Waals surface area contributed by atoms with E-state index in [2.05, 4.69) is 24.4 Å². The lowest BCUT2D eigenvalue weighted by Crippen LogP contribution is -2.20. The fraction of sp³-hybridized carbons (Fsp3) is 0.538. The zero-order valence-electron chi connectivity index (χ0n) is 9.49. The van der Waals surface area contributed by atoms with Gasteiger partial charge in [0.2, 0.25) is 0 Å². The number of benzene rings is 1. The van der Waals surface area contributed by atoms with Crippen molar-refractivity contribution in [1.29, 1.82) is 0 Å². The van der Waals surface area contributed by atoms with Gasteiger partial charge in [0, 0.05) is 6.04 Å². The van der Waals surface area contributed by atoms with Crippen molar-refractivity contribution in [3.05, 3.63) is 29.8 Å². The molecule has 0 bridgehead atoms. The van der Waals surface area contributed by atoms with Gasteiger partial charge in [0.05, 0.1) is 7.11 Å². The van der Waals surface area contributed by atoms with Crippen LogP contribution in [0.4, 0.5) is 0 Å². The largest absolute Gasteiger partial charge is 0.497 e. The Bertz CT molecular complexity index is 307. The SMILES string of the molecule is COc1ccc(CCNC2CC2C)cc1. The van der Waals surface area contributed by atoms with Crippen molar-refractivity contribution in [2.45, 2.75) is 25.8 Å². The van der Waals surface area contributed by atoms with Crippen LogP contribution in [0.25, 0.3) is 0 Å². The molecule has 1 aliphatic rings. The van der Waals surface area contributed by atoms with Gasteiger partial charge in [-0.25, -0.2) is 0 Å². The van der Waals surface area contributed by atoms with Gasteiger partial charge >= 0.3 is 0 Å². The topological polar surface area (TPSA) is 21.3 Å². The summed E-state index contributed by atoms with van der Waals surface area (Å²) in [5, 5.41) is 3.55. The molecule has 0 aromatic heterocycles. The minimum atomic E-state index is 0.781. The number of hydrogen-bond acceptors (Lipinski definition) is 2. The zero-order valence-corrected chi connectivity index (χ0v) is 9.49. The van der Waals surface area contributed by atoms with Gasteiger partial charge in [0.25, 0.3) is 0 Å². The lowest BCUT2D eigenvalue weighted by molar-refractivity contribution is 0.414. The Morgan fingerprint density at radius 1 is 1.33 bits per heavy atom. The molecule has 0 amide bonds. The quantitative estimate of drug-likeness (QED) is 0.796. The van der Waals surface area contributed by atoms with Crippen LogP contribution >= 0.6 is 0 Å². The van der Waals surface area contributed by atoms with E-state index < -0.39 is 0 Å². The maximum atomic E-state index is 5.12. The van der Waals surface area contributed by atoms with Gasteiger partial charge in [-0.05, 0) is 43.0 Å². The molecule has 1 aromatic rings. The van der Waals surface area contributed by atoms with Crippen LogP contribution in [0.2, 0.25) is 0 Å². The summed E-state index contributed by atoms with van der Waals surface area (Å²) in [4.78, 5) is 0. The molecule has 0 heterocycles. The first-order valence-electron chi connectivity index (χ1n) is 5.66. The molecule has 82 valence electrons. The van der Waals surface area contributed by atoms with Crippen molar-refractivity contribution in [3.63, 3.8) is 0 Å². The molecule has 2 heteroatoms. The molecular weight excluding hydrogens is 186 g/mol. The maximum absolute atomic E-state index is 5.12. The number of nitrogens with one attached hydrogen (secondary N) is 1. The number of methoxy groups -OCH3 is 1. The fourth-order valence-corrected chi connectivity index (χ4v) is 1.80. The molecular formula is C13H19NO. The predicted octanol–water partition coefficient (Wildman–Crippen LogP) is 2.24. The second-order valence-corrected chi connectivity index (χ2v) is 4.37. The van der Waals surface area contributed by atoms with Crippen LogP contribution in [0.1, 0.15) is 18.9 Å². The van der Waals surface area contributed by atoms with Gasteiger partial charge in [-0.15, -0.1) is 0 Å². The highest BCUT2D eigenvalue weighted by Gasteiger charge is 2.31. The van der Waals surface area contributed by atoms with Crippen LogP contribution in [-0.4, -0.2) is 19.7 Å². The Hall–Kier alpha value is -1.02. The van der Waals surface area contributed by atoms with E-state index in [0.29, 0.717) is 0 Å². The molecule has 0 spiro atoms. The Morgan fingerprint density at radius 3 is 2.53 bits per heavy atom. The Kier molecular flexibility index (Phi) is 3.27. The number of rotatable bonds is 5. The van der Waals surface area contributed by atoms with Crippen molar-refractivity contribution >= 4 is 0 Å². The number of ether oxygens (including phenoxy) is 1. The highest BCUT2D eigenvalue weighted by molar-refractivity contribution is 5.27. The summed E-state index contributed by atoms with van der Waals surface area (Å²) < 4.78 is 5.12. The molecule has 0 aliphatic heterocycles. The summed E-state index contributed by atoms with van der Waals surface area (Å²) in [5.41, 5.74) is 1.37. The van der Waals surface area contributed by atoms with E-state index in [1.807, 2.05) is 12.1 Å². The van der Waals surface area contributed by atoms with Crippen LogP contribution in [-0.2, 0) is 6.42 Å². The summed E-state index contributed by atoms with van der Waals surface area (Å²) in [7, 11) is 1.70. The Labute approximate surface area is 91.6 Å². The standard InChI is InChI=1S/C13H19NO/c1-10-9-13(10)14-8-7-11-3-5-12(15-2)6-4-11/h3-6,10,13-14H,7-9H2,1-2H3. The molecule has 0 saturated heterocycles. The summed E-state index contributed by atoms with van der Waals surface area (Å²) in [5.74, 6) is 1.82. The van der Waals surface area contributed by atoms with E-state index >= 15 is 0 Å². The molecule has 2 atom stereocenters. The van der Waals surface area contributed by atoms with Crippen LogP contribution in [0.5, 0.6) is 5.75 Å². The van der Waals surface area contributed by atoms with Crippen molar-refractivity contribution in [3.8, 4) is 5.75 Å². The molecule has 1 fully saturated rings. The van der Waals surface area contributed by atoms with Crippen molar-refractivity contribution in [2.24, 2.45) is 5.92 Å². The van der Waals surface area contributed by atoms with Crippen LogP contribution in [0.3, 0.4) is 0 Å². The van der Waals surface area contributed by atoms with E-state index in [9.17, 15) is 0 Å². The monoisotopic (exact) mass is 205 g/mol. The summed E-state index contributed by atoms with van der Waals surface area (Å²) in [6, 6.07) is 9.10. The molecule has 1 aliphatic carbocycles. The molecule has 2 nitrogen and oxygen atoms in total. The predicted molar refractivity (Wildman–Crippen MR) is 62.3 cm³/mol. The van der Waals surface area contributed by atoms with Crippen molar-refractivity contribution < 1.29 is 4.74 Å². The molecule has 2 unspecified atom stereocenters. The van der Waals surface area contributed by atoms with E-state index in [-0.39, 0.29) is 0 Å². The third-order valence-corrected chi connectivity index (χ3v) is 3.09. The lowest BCUT2D eigenvalue weighted by atomic mass is 10.1. The average Bonchev–Trinajstić information content (AvgIpc) is 2.96. The van der Waals surface area contributed by atoms with Crippen molar-refractivity contribution in [1.82, 2.24) is 5.32 Å². The third kappa shape index (κ3) is 2.96. The van der Waals surface area contributed by atoms with Gasteiger partial charge in [0.15, 0.2) is 0 Å². The average molecular weight is 205 g/mol. The second kappa shape index (κ2) is 4.67. The molecule has 15 heavy (non-hydrogen) atoms. The second-order valence-electron chi connectivity index (χ2n) is 4.37. The van der Waals surface area contributed by atoms with Crippen LogP contribution in [0, 0.1) is 5.92 Å². The van der Waals surface area contributed by atoms with Gasteiger partial charge in [-0.1, -0.05) is 19.1 Å². The van der Waals surface area contributed by atoms with E-state index in [4.69, 9.17) is 4.74 Å². The molecule has 1 saturated carbocycles. The first-order valence-corrected chi connectivity index (χ1v) is 5.66. The van der Waals surface area contributed by atoms with Gasteiger partial charge in [-0.2, -0.15) is 0 Å². The van der Waals surface area contributed by atoms with Crippen LogP contribution in [0.15, 0.2) is 24.3 Å². The lowest BCUT2D eigenvalue weighted by Gasteiger charge is -2.04. The molecule has 0 radical (unpaired) electrons. The molecule has 2 rings (SSSR count).